The fourth-order valence-electron chi connectivity index (χ4n) is 1.07. The standard InChI is InChI=1S/C10H17N3S/c1-9(11-2)4-3-7-14-10-5-6-12-8-13-10/h5-6,8-9,11H,3-4,7H2,1-2H3. The van der Waals surface area contributed by atoms with E-state index in [1.165, 1.54) is 12.8 Å². The highest BCUT2D eigenvalue weighted by Crippen LogP contribution is 2.15. The molecule has 3 nitrogen and oxygen atoms in total. The Morgan fingerprint density at radius 2 is 2.43 bits per heavy atom. The molecule has 1 unspecified atom stereocenters. The third-order valence-corrected chi connectivity index (χ3v) is 3.11. The Morgan fingerprint density at radius 1 is 1.57 bits per heavy atom. The molecule has 4 heteroatoms. The summed E-state index contributed by atoms with van der Waals surface area (Å²) in [7, 11) is 2.00. The summed E-state index contributed by atoms with van der Waals surface area (Å²) >= 11 is 1.79. The molecule has 0 aliphatic rings. The maximum Gasteiger partial charge on any atom is 0.116 e. The van der Waals surface area contributed by atoms with E-state index in [4.69, 9.17) is 0 Å². The lowest BCUT2D eigenvalue weighted by Gasteiger charge is -2.08. The van der Waals surface area contributed by atoms with Crippen LogP contribution < -0.4 is 5.32 Å². The van der Waals surface area contributed by atoms with Crippen LogP contribution >= 0.6 is 11.8 Å². The minimum Gasteiger partial charge on any atom is -0.317 e. The number of hydrogen-bond acceptors (Lipinski definition) is 4. The molecule has 0 saturated heterocycles. The monoisotopic (exact) mass is 211 g/mol. The van der Waals surface area contributed by atoms with Gasteiger partial charge in [-0.05, 0) is 38.6 Å². The van der Waals surface area contributed by atoms with Gasteiger partial charge >= 0.3 is 0 Å². The fourth-order valence-corrected chi connectivity index (χ4v) is 1.87. The quantitative estimate of drug-likeness (QED) is 0.443. The number of hydrogen-bond donors (Lipinski definition) is 1. The zero-order valence-electron chi connectivity index (χ0n) is 8.73. The van der Waals surface area contributed by atoms with E-state index in [2.05, 4.69) is 22.2 Å². The third kappa shape index (κ3) is 4.58. The molecule has 0 fully saturated rings. The molecule has 1 heterocycles. The first-order valence-electron chi connectivity index (χ1n) is 4.89. The molecule has 14 heavy (non-hydrogen) atoms. The Bertz CT molecular complexity index is 240. The minimum atomic E-state index is 0.612. The van der Waals surface area contributed by atoms with Crippen molar-refractivity contribution in [3.63, 3.8) is 0 Å². The predicted octanol–water partition coefficient (Wildman–Crippen LogP) is 1.96. The summed E-state index contributed by atoms with van der Waals surface area (Å²) in [5.41, 5.74) is 0. The molecule has 0 aromatic carbocycles. The second-order valence-corrected chi connectivity index (χ2v) is 4.34. The second-order valence-electron chi connectivity index (χ2n) is 3.23. The van der Waals surface area contributed by atoms with Crippen LogP contribution in [0.25, 0.3) is 0 Å². The van der Waals surface area contributed by atoms with E-state index in [0.29, 0.717) is 6.04 Å². The Hall–Kier alpha value is -0.610. The largest absolute Gasteiger partial charge is 0.317 e. The maximum absolute atomic E-state index is 4.15. The highest BCUT2D eigenvalue weighted by Gasteiger charge is 1.98. The molecule has 0 radical (unpaired) electrons. The van der Waals surface area contributed by atoms with Gasteiger partial charge in [-0.2, -0.15) is 0 Å². The van der Waals surface area contributed by atoms with Crippen molar-refractivity contribution in [1.29, 1.82) is 0 Å². The van der Waals surface area contributed by atoms with Gasteiger partial charge in [-0.1, -0.05) is 0 Å². The van der Waals surface area contributed by atoms with E-state index in [-0.39, 0.29) is 0 Å². The summed E-state index contributed by atoms with van der Waals surface area (Å²) < 4.78 is 0. The Labute approximate surface area is 89.7 Å². The molecule has 0 aliphatic heterocycles. The van der Waals surface area contributed by atoms with Crippen molar-refractivity contribution in [1.82, 2.24) is 15.3 Å². The molecule has 1 rings (SSSR count). The molecule has 78 valence electrons. The van der Waals surface area contributed by atoms with Gasteiger partial charge in [0.2, 0.25) is 0 Å². The molecular formula is C10H17N3S. The number of thioether (sulfide) groups is 1. The van der Waals surface area contributed by atoms with Crippen molar-refractivity contribution in [2.24, 2.45) is 0 Å². The molecule has 0 spiro atoms. The van der Waals surface area contributed by atoms with Crippen molar-refractivity contribution >= 4 is 11.8 Å². The second kappa shape index (κ2) is 6.79. The van der Waals surface area contributed by atoms with E-state index in [1.54, 1.807) is 24.3 Å². The van der Waals surface area contributed by atoms with Crippen molar-refractivity contribution in [3.8, 4) is 0 Å². The van der Waals surface area contributed by atoms with Gasteiger partial charge in [0, 0.05) is 12.2 Å². The molecule has 1 N–H and O–H groups in total. The summed E-state index contributed by atoms with van der Waals surface area (Å²) in [5, 5.41) is 4.30. The molecular weight excluding hydrogens is 194 g/mol. The number of rotatable bonds is 6. The molecule has 0 saturated carbocycles. The van der Waals surface area contributed by atoms with E-state index in [9.17, 15) is 0 Å². The van der Waals surface area contributed by atoms with Crippen LogP contribution in [0.5, 0.6) is 0 Å². The summed E-state index contributed by atoms with van der Waals surface area (Å²) in [6, 6.07) is 2.56. The van der Waals surface area contributed by atoms with Crippen LogP contribution in [0.2, 0.25) is 0 Å². The van der Waals surface area contributed by atoms with Crippen molar-refractivity contribution in [2.45, 2.75) is 30.8 Å². The first-order valence-corrected chi connectivity index (χ1v) is 5.87. The highest BCUT2D eigenvalue weighted by atomic mass is 32.2. The summed E-state index contributed by atoms with van der Waals surface area (Å²) in [6.07, 6.45) is 5.81. The van der Waals surface area contributed by atoms with Crippen molar-refractivity contribution < 1.29 is 0 Å². The average Bonchev–Trinajstić information content (AvgIpc) is 2.25. The molecule has 1 aromatic rings. The van der Waals surface area contributed by atoms with Crippen molar-refractivity contribution in [2.75, 3.05) is 12.8 Å². The van der Waals surface area contributed by atoms with Crippen LogP contribution in [0, 0.1) is 0 Å². The Kier molecular flexibility index (Phi) is 5.56. The number of nitrogens with zero attached hydrogens (tertiary/aromatic N) is 2. The van der Waals surface area contributed by atoms with Gasteiger partial charge in [0.05, 0.1) is 5.03 Å². The van der Waals surface area contributed by atoms with Gasteiger partial charge in [0.25, 0.3) is 0 Å². The lowest BCUT2D eigenvalue weighted by Crippen LogP contribution is -2.20. The normalized spacial score (nSPS) is 12.7. The minimum absolute atomic E-state index is 0.612. The topological polar surface area (TPSA) is 37.8 Å². The van der Waals surface area contributed by atoms with Crippen LogP contribution in [0.1, 0.15) is 19.8 Å². The summed E-state index contributed by atoms with van der Waals surface area (Å²) in [6.45, 7) is 2.20. The van der Waals surface area contributed by atoms with Gasteiger partial charge in [0.15, 0.2) is 0 Å². The maximum atomic E-state index is 4.15. The van der Waals surface area contributed by atoms with Crippen molar-refractivity contribution in [3.05, 3.63) is 18.6 Å². The highest BCUT2D eigenvalue weighted by molar-refractivity contribution is 7.99. The van der Waals surface area contributed by atoms with Crippen LogP contribution in [-0.4, -0.2) is 28.8 Å². The van der Waals surface area contributed by atoms with Crippen LogP contribution in [-0.2, 0) is 0 Å². The average molecular weight is 211 g/mol. The smallest absolute Gasteiger partial charge is 0.116 e. The van der Waals surface area contributed by atoms with Crippen LogP contribution in [0.15, 0.2) is 23.6 Å². The van der Waals surface area contributed by atoms with Crippen LogP contribution in [0.3, 0.4) is 0 Å². The van der Waals surface area contributed by atoms with E-state index < -0.39 is 0 Å². The number of nitrogens with one attached hydrogen (secondary N) is 1. The van der Waals surface area contributed by atoms with Crippen LogP contribution in [0.4, 0.5) is 0 Å². The molecule has 0 amide bonds. The summed E-state index contributed by atoms with van der Waals surface area (Å²) in [4.78, 5) is 8.03. The Morgan fingerprint density at radius 3 is 3.07 bits per heavy atom. The molecule has 0 bridgehead atoms. The van der Waals surface area contributed by atoms with E-state index >= 15 is 0 Å². The number of aromatic nitrogens is 2. The fraction of sp³-hybridized carbons (Fsp3) is 0.600. The molecule has 0 aliphatic carbocycles. The van der Waals surface area contributed by atoms with Gasteiger partial charge in [-0.15, -0.1) is 11.8 Å². The van der Waals surface area contributed by atoms with E-state index in [1.807, 2.05) is 13.1 Å². The zero-order valence-corrected chi connectivity index (χ0v) is 9.55. The molecule has 1 aromatic heterocycles. The SMILES string of the molecule is CNC(C)CCCSc1ccncn1. The molecule has 1 atom stereocenters. The predicted molar refractivity (Wildman–Crippen MR) is 60.5 cm³/mol. The van der Waals surface area contributed by atoms with Gasteiger partial charge in [0.1, 0.15) is 6.33 Å². The van der Waals surface area contributed by atoms with E-state index in [0.717, 1.165) is 10.8 Å². The first kappa shape index (κ1) is 11.5. The van der Waals surface area contributed by atoms with Gasteiger partial charge in [-0.25, -0.2) is 9.97 Å². The lowest BCUT2D eigenvalue weighted by molar-refractivity contribution is 0.559. The Balaban J connectivity index is 2.10. The summed E-state index contributed by atoms with van der Waals surface area (Å²) in [5.74, 6) is 1.13. The van der Waals surface area contributed by atoms with Gasteiger partial charge in [-0.3, -0.25) is 0 Å². The zero-order chi connectivity index (χ0) is 10.2. The third-order valence-electron chi connectivity index (χ3n) is 2.08. The lowest BCUT2D eigenvalue weighted by atomic mass is 10.2. The first-order chi connectivity index (χ1) is 6.83. The van der Waals surface area contributed by atoms with Gasteiger partial charge < -0.3 is 5.32 Å².